The lowest BCUT2D eigenvalue weighted by atomic mass is 10.0. The topological polar surface area (TPSA) is 78.4 Å². The zero-order valence-corrected chi connectivity index (χ0v) is 13.9. The number of amides is 2. The SMILES string of the molecule is CCCC(CNC(=O)Nc1ccc(Cl)cc1I)C(=O)O. The number of carbonyl (C=O) groups is 2. The van der Waals surface area contributed by atoms with E-state index < -0.39 is 17.9 Å². The Labute approximate surface area is 136 Å². The molecule has 0 bridgehead atoms. The van der Waals surface area contributed by atoms with Gasteiger partial charge in [0.15, 0.2) is 0 Å². The average molecular weight is 411 g/mol. The smallest absolute Gasteiger partial charge is 0.319 e. The maximum Gasteiger partial charge on any atom is 0.319 e. The molecule has 0 saturated carbocycles. The number of carbonyl (C=O) groups excluding carboxylic acids is 1. The van der Waals surface area contributed by atoms with Crippen molar-refractivity contribution in [1.29, 1.82) is 0 Å². The van der Waals surface area contributed by atoms with Crippen molar-refractivity contribution < 1.29 is 14.7 Å². The van der Waals surface area contributed by atoms with Gasteiger partial charge in [0.2, 0.25) is 0 Å². The second-order valence-corrected chi connectivity index (χ2v) is 5.88. The molecular weight excluding hydrogens is 395 g/mol. The van der Waals surface area contributed by atoms with Crippen LogP contribution in [0.1, 0.15) is 19.8 Å². The number of nitrogens with one attached hydrogen (secondary N) is 2. The van der Waals surface area contributed by atoms with E-state index >= 15 is 0 Å². The molecule has 0 heterocycles. The number of anilines is 1. The summed E-state index contributed by atoms with van der Waals surface area (Å²) in [6.07, 6.45) is 1.30. The second kappa shape index (κ2) is 8.31. The summed E-state index contributed by atoms with van der Waals surface area (Å²) in [5, 5.41) is 14.8. The van der Waals surface area contributed by atoms with Crippen LogP contribution in [0.5, 0.6) is 0 Å². The number of aliphatic carboxylic acids is 1. The summed E-state index contributed by atoms with van der Waals surface area (Å²) in [5.74, 6) is -1.46. The highest BCUT2D eigenvalue weighted by Crippen LogP contribution is 2.22. The van der Waals surface area contributed by atoms with Crippen molar-refractivity contribution in [2.75, 3.05) is 11.9 Å². The molecule has 0 fully saturated rings. The van der Waals surface area contributed by atoms with Crippen molar-refractivity contribution in [3.8, 4) is 0 Å². The number of urea groups is 1. The molecule has 0 spiro atoms. The van der Waals surface area contributed by atoms with Gasteiger partial charge in [-0.15, -0.1) is 0 Å². The Bertz CT molecular complexity index is 497. The van der Waals surface area contributed by atoms with E-state index in [1.54, 1.807) is 18.2 Å². The van der Waals surface area contributed by atoms with E-state index in [4.69, 9.17) is 16.7 Å². The molecule has 1 aromatic carbocycles. The third-order valence-electron chi connectivity index (χ3n) is 2.67. The molecule has 5 nitrogen and oxygen atoms in total. The standard InChI is InChI=1S/C13H16ClIN2O3/c1-2-3-8(12(18)19)7-16-13(20)17-11-5-4-9(14)6-10(11)15/h4-6,8H,2-3,7H2,1H3,(H,18,19)(H2,16,17,20). The molecule has 1 atom stereocenters. The first-order valence-corrected chi connectivity index (χ1v) is 7.62. The summed E-state index contributed by atoms with van der Waals surface area (Å²) >= 11 is 7.89. The van der Waals surface area contributed by atoms with Gasteiger partial charge in [-0.25, -0.2) is 4.79 Å². The molecule has 0 aliphatic rings. The summed E-state index contributed by atoms with van der Waals surface area (Å²) in [7, 11) is 0. The van der Waals surface area contributed by atoms with Gasteiger partial charge in [-0.05, 0) is 47.2 Å². The van der Waals surface area contributed by atoms with Crippen LogP contribution in [0.2, 0.25) is 5.02 Å². The van der Waals surface area contributed by atoms with Crippen molar-refractivity contribution in [1.82, 2.24) is 5.32 Å². The van der Waals surface area contributed by atoms with Gasteiger partial charge in [-0.3, -0.25) is 4.79 Å². The Balaban J connectivity index is 2.53. The molecule has 3 N–H and O–H groups in total. The number of carboxylic acid groups (broad SMARTS) is 1. The van der Waals surface area contributed by atoms with Gasteiger partial charge in [-0.1, -0.05) is 24.9 Å². The highest BCUT2D eigenvalue weighted by Gasteiger charge is 2.17. The summed E-state index contributed by atoms with van der Waals surface area (Å²) in [5.41, 5.74) is 0.634. The number of benzene rings is 1. The number of carboxylic acids is 1. The molecule has 2 amide bonds. The van der Waals surface area contributed by atoms with Crippen molar-refractivity contribution in [3.05, 3.63) is 26.8 Å². The summed E-state index contributed by atoms with van der Waals surface area (Å²) < 4.78 is 0.814. The lowest BCUT2D eigenvalue weighted by molar-refractivity contribution is -0.141. The summed E-state index contributed by atoms with van der Waals surface area (Å²) in [6, 6.07) is 4.68. The van der Waals surface area contributed by atoms with E-state index in [2.05, 4.69) is 33.2 Å². The average Bonchev–Trinajstić information content (AvgIpc) is 2.37. The van der Waals surface area contributed by atoms with E-state index in [1.165, 1.54) is 0 Å². The maximum absolute atomic E-state index is 11.7. The number of halogens is 2. The summed E-state index contributed by atoms with van der Waals surface area (Å²) in [6.45, 7) is 2.02. The largest absolute Gasteiger partial charge is 0.481 e. The first-order valence-electron chi connectivity index (χ1n) is 6.16. The van der Waals surface area contributed by atoms with Crippen LogP contribution in [0.4, 0.5) is 10.5 Å². The molecule has 7 heteroatoms. The molecule has 0 aliphatic heterocycles. The molecule has 20 heavy (non-hydrogen) atoms. The van der Waals surface area contributed by atoms with E-state index in [0.717, 1.165) is 9.99 Å². The first kappa shape index (κ1) is 17.0. The minimum atomic E-state index is -0.895. The Morgan fingerprint density at radius 3 is 2.70 bits per heavy atom. The van der Waals surface area contributed by atoms with Gasteiger partial charge in [-0.2, -0.15) is 0 Å². The lowest BCUT2D eigenvalue weighted by Gasteiger charge is -2.13. The lowest BCUT2D eigenvalue weighted by Crippen LogP contribution is -2.35. The number of rotatable bonds is 6. The Hall–Kier alpha value is -1.02. The van der Waals surface area contributed by atoms with Crippen LogP contribution in [0.15, 0.2) is 18.2 Å². The maximum atomic E-state index is 11.7. The van der Waals surface area contributed by atoms with Crippen molar-refractivity contribution in [3.63, 3.8) is 0 Å². The van der Waals surface area contributed by atoms with Gasteiger partial charge in [0.05, 0.1) is 11.6 Å². The van der Waals surface area contributed by atoms with E-state index in [0.29, 0.717) is 17.1 Å². The third kappa shape index (κ3) is 5.54. The fourth-order valence-electron chi connectivity index (χ4n) is 1.63. The highest BCUT2D eigenvalue weighted by atomic mass is 127. The monoisotopic (exact) mass is 410 g/mol. The van der Waals surface area contributed by atoms with Crippen molar-refractivity contribution in [2.24, 2.45) is 5.92 Å². The van der Waals surface area contributed by atoms with Gasteiger partial charge in [0.1, 0.15) is 0 Å². The van der Waals surface area contributed by atoms with Gasteiger partial charge in [0, 0.05) is 15.1 Å². The molecular formula is C13H16ClIN2O3. The quantitative estimate of drug-likeness (QED) is 0.627. The molecule has 1 aromatic rings. The van der Waals surface area contributed by atoms with E-state index in [1.807, 2.05) is 6.92 Å². The van der Waals surface area contributed by atoms with Crippen LogP contribution in [0.25, 0.3) is 0 Å². The van der Waals surface area contributed by atoms with Gasteiger partial charge in [0.25, 0.3) is 0 Å². The minimum absolute atomic E-state index is 0.110. The molecule has 0 saturated heterocycles. The highest BCUT2D eigenvalue weighted by molar-refractivity contribution is 14.1. The van der Waals surface area contributed by atoms with Crippen LogP contribution in [0.3, 0.4) is 0 Å². The molecule has 0 radical (unpaired) electrons. The molecule has 1 rings (SSSR count). The summed E-state index contributed by atoms with van der Waals surface area (Å²) in [4.78, 5) is 22.7. The molecule has 1 unspecified atom stereocenters. The fourth-order valence-corrected chi connectivity index (χ4v) is 2.64. The molecule has 0 aromatic heterocycles. The first-order chi connectivity index (χ1) is 9.43. The van der Waals surface area contributed by atoms with Crippen LogP contribution in [-0.4, -0.2) is 23.7 Å². The predicted octanol–water partition coefficient (Wildman–Crippen LogP) is 3.57. The van der Waals surface area contributed by atoms with Gasteiger partial charge >= 0.3 is 12.0 Å². The Morgan fingerprint density at radius 1 is 1.45 bits per heavy atom. The fraction of sp³-hybridized carbons (Fsp3) is 0.385. The van der Waals surface area contributed by atoms with Crippen molar-refractivity contribution in [2.45, 2.75) is 19.8 Å². The van der Waals surface area contributed by atoms with Crippen molar-refractivity contribution >= 4 is 51.9 Å². The number of hydrogen-bond acceptors (Lipinski definition) is 2. The van der Waals surface area contributed by atoms with Gasteiger partial charge < -0.3 is 15.7 Å². The normalized spacial score (nSPS) is 11.8. The minimum Gasteiger partial charge on any atom is -0.481 e. The van der Waals surface area contributed by atoms with E-state index in [-0.39, 0.29) is 6.54 Å². The van der Waals surface area contributed by atoms with Crippen LogP contribution in [0, 0.1) is 9.49 Å². The number of hydrogen-bond donors (Lipinski definition) is 3. The molecule has 110 valence electrons. The molecule has 0 aliphatic carbocycles. The predicted molar refractivity (Wildman–Crippen MR) is 87.2 cm³/mol. The van der Waals surface area contributed by atoms with Crippen LogP contribution in [-0.2, 0) is 4.79 Å². The Kier molecular flexibility index (Phi) is 7.08. The third-order valence-corrected chi connectivity index (χ3v) is 3.80. The van der Waals surface area contributed by atoms with Crippen LogP contribution < -0.4 is 10.6 Å². The van der Waals surface area contributed by atoms with E-state index in [9.17, 15) is 9.59 Å². The van der Waals surface area contributed by atoms with Crippen LogP contribution >= 0.6 is 34.2 Å². The zero-order valence-electron chi connectivity index (χ0n) is 11.0. The Morgan fingerprint density at radius 2 is 2.15 bits per heavy atom. The second-order valence-electron chi connectivity index (χ2n) is 4.28. The zero-order chi connectivity index (χ0) is 15.1.